The van der Waals surface area contributed by atoms with Crippen LogP contribution in [0.4, 0.5) is 0 Å². The first kappa shape index (κ1) is 24.3. The van der Waals surface area contributed by atoms with E-state index in [1.54, 1.807) is 11.5 Å². The minimum absolute atomic E-state index is 0.481. The molecule has 7 nitrogen and oxygen atoms in total. The average molecular weight is 482 g/mol. The van der Waals surface area contributed by atoms with Gasteiger partial charge in [0.1, 0.15) is 6.04 Å². The van der Waals surface area contributed by atoms with Crippen molar-refractivity contribution in [1.29, 1.82) is 0 Å². The van der Waals surface area contributed by atoms with Crippen LogP contribution in [0.2, 0.25) is 0 Å². The molecule has 0 bridgehead atoms. The molecule has 4 rings (SSSR count). The fourth-order valence-electron chi connectivity index (χ4n) is 4.69. The second-order valence-electron chi connectivity index (χ2n) is 9.03. The molecule has 5 N–H and O–H groups in total. The van der Waals surface area contributed by atoms with E-state index in [0.29, 0.717) is 16.7 Å². The van der Waals surface area contributed by atoms with Crippen LogP contribution in [0.25, 0.3) is 10.1 Å². The Morgan fingerprint density at radius 2 is 1.68 bits per heavy atom. The number of nitrogens with one attached hydrogen (secondary N) is 3. The lowest BCUT2D eigenvalue weighted by Gasteiger charge is -2.29. The van der Waals surface area contributed by atoms with E-state index in [9.17, 15) is 14.7 Å². The number of carbonyl (C=O) groups is 2. The van der Waals surface area contributed by atoms with Gasteiger partial charge in [-0.15, -0.1) is 11.3 Å². The van der Waals surface area contributed by atoms with Crippen molar-refractivity contribution in [2.75, 3.05) is 13.1 Å². The summed E-state index contributed by atoms with van der Waals surface area (Å²) in [7, 11) is 0. The Hall–Kier alpha value is -2.78. The molecular weight excluding hydrogens is 450 g/mol. The monoisotopic (exact) mass is 481 g/mol. The molecule has 1 amide bonds. The number of rotatable bonds is 10. The smallest absolute Gasteiger partial charge is 0.325 e. The fraction of sp³-hybridized carbons (Fsp3) is 0.385. The van der Waals surface area contributed by atoms with Crippen molar-refractivity contribution in [3.63, 3.8) is 0 Å². The molecule has 1 heterocycles. The summed E-state index contributed by atoms with van der Waals surface area (Å²) < 4.78 is 1.03. The molecule has 0 aliphatic heterocycles. The van der Waals surface area contributed by atoms with Crippen molar-refractivity contribution in [1.82, 2.24) is 16.1 Å². The number of hydrogen-bond acceptors (Lipinski definition) is 6. The van der Waals surface area contributed by atoms with Crippen LogP contribution in [0.5, 0.6) is 0 Å². The first-order chi connectivity index (χ1) is 16.5. The van der Waals surface area contributed by atoms with E-state index in [4.69, 9.17) is 5.21 Å². The van der Waals surface area contributed by atoms with Crippen molar-refractivity contribution >= 4 is 33.3 Å². The molecule has 34 heavy (non-hydrogen) atoms. The molecule has 8 heteroatoms. The lowest BCUT2D eigenvalue weighted by molar-refractivity contribution is -0.139. The minimum Gasteiger partial charge on any atom is -0.480 e. The average Bonchev–Trinajstić information content (AvgIpc) is 3.28. The number of carboxylic acids is 1. The summed E-state index contributed by atoms with van der Waals surface area (Å²) >= 11 is 1.37. The SMILES string of the molecule is O=C(NO)c1cc2ccc(CNCC3CCC(CNC(C(=O)O)c4ccccc4)CC3)cc2s1. The van der Waals surface area contributed by atoms with Crippen molar-refractivity contribution in [2.45, 2.75) is 38.3 Å². The Morgan fingerprint density at radius 1 is 0.971 bits per heavy atom. The van der Waals surface area contributed by atoms with Gasteiger partial charge in [0.15, 0.2) is 0 Å². The Balaban J connectivity index is 1.19. The predicted octanol–water partition coefficient (Wildman–Crippen LogP) is 4.33. The Bertz CT molecular complexity index is 1110. The molecule has 3 aromatic rings. The third kappa shape index (κ3) is 6.21. The number of aliphatic carboxylic acids is 1. The fourth-order valence-corrected chi connectivity index (χ4v) is 5.71. The molecule has 180 valence electrons. The van der Waals surface area contributed by atoms with Crippen LogP contribution in [0.15, 0.2) is 54.6 Å². The van der Waals surface area contributed by atoms with Gasteiger partial charge in [-0.3, -0.25) is 14.8 Å². The summed E-state index contributed by atoms with van der Waals surface area (Å²) in [6.45, 7) is 2.46. The van der Waals surface area contributed by atoms with Crippen LogP contribution in [0.3, 0.4) is 0 Å². The zero-order chi connectivity index (χ0) is 23.9. The van der Waals surface area contributed by atoms with Crippen LogP contribution in [0, 0.1) is 11.8 Å². The second-order valence-corrected chi connectivity index (χ2v) is 10.1. The van der Waals surface area contributed by atoms with E-state index in [0.717, 1.165) is 61.0 Å². The van der Waals surface area contributed by atoms with Crippen LogP contribution >= 0.6 is 11.3 Å². The summed E-state index contributed by atoms with van der Waals surface area (Å²) in [4.78, 5) is 23.8. The van der Waals surface area contributed by atoms with Gasteiger partial charge < -0.3 is 15.7 Å². The van der Waals surface area contributed by atoms with Crippen LogP contribution < -0.4 is 16.1 Å². The second kappa shape index (κ2) is 11.6. The normalized spacial score (nSPS) is 19.1. The highest BCUT2D eigenvalue weighted by Gasteiger charge is 2.24. The molecular formula is C26H31N3O4S. The number of thiophene rings is 1. The summed E-state index contributed by atoms with van der Waals surface area (Å²) in [5.74, 6) is -0.178. The van der Waals surface area contributed by atoms with Gasteiger partial charge in [-0.05, 0) is 79.3 Å². The van der Waals surface area contributed by atoms with E-state index in [1.807, 2.05) is 36.4 Å². The van der Waals surface area contributed by atoms with Gasteiger partial charge >= 0.3 is 5.97 Å². The number of amides is 1. The Labute approximate surface area is 203 Å². The van der Waals surface area contributed by atoms with Crippen LogP contribution in [-0.4, -0.2) is 35.3 Å². The first-order valence-corrected chi connectivity index (χ1v) is 12.5. The molecule has 2 aromatic carbocycles. The molecule has 1 unspecified atom stereocenters. The van der Waals surface area contributed by atoms with Crippen molar-refractivity contribution in [2.24, 2.45) is 11.8 Å². The molecule has 0 radical (unpaired) electrons. The maximum atomic E-state index is 11.7. The van der Waals surface area contributed by atoms with Gasteiger partial charge in [0.05, 0.1) is 4.88 Å². The first-order valence-electron chi connectivity index (χ1n) is 11.7. The highest BCUT2D eigenvalue weighted by atomic mass is 32.1. The summed E-state index contributed by atoms with van der Waals surface area (Å²) in [5, 5.41) is 26.2. The number of fused-ring (bicyclic) bond motifs is 1. The van der Waals surface area contributed by atoms with E-state index >= 15 is 0 Å². The zero-order valence-electron chi connectivity index (χ0n) is 19.0. The topological polar surface area (TPSA) is 111 Å². The van der Waals surface area contributed by atoms with E-state index < -0.39 is 17.9 Å². The highest BCUT2D eigenvalue weighted by Crippen LogP contribution is 2.29. The van der Waals surface area contributed by atoms with E-state index in [1.165, 1.54) is 16.9 Å². The van der Waals surface area contributed by atoms with Crippen molar-refractivity contribution in [3.05, 3.63) is 70.6 Å². The molecule has 1 saturated carbocycles. The molecule has 1 aliphatic carbocycles. The van der Waals surface area contributed by atoms with Crippen LogP contribution in [0.1, 0.15) is 52.5 Å². The third-order valence-electron chi connectivity index (χ3n) is 6.63. The standard InChI is InChI=1S/C26H31N3O4S/c30-25(29-33)23-13-21-11-10-19(12-22(21)34-23)15-27-14-17-6-8-18(9-7-17)16-28-24(26(31)32)20-4-2-1-3-5-20/h1-5,10-13,17-18,24,27-28,33H,6-9,14-16H2,(H,29,30)(H,31,32). The van der Waals surface area contributed by atoms with Crippen LogP contribution in [-0.2, 0) is 11.3 Å². The third-order valence-corrected chi connectivity index (χ3v) is 7.73. The molecule has 1 fully saturated rings. The molecule has 1 atom stereocenters. The quantitative estimate of drug-likeness (QED) is 0.218. The molecule has 0 saturated heterocycles. The van der Waals surface area contributed by atoms with Crippen molar-refractivity contribution < 1.29 is 19.9 Å². The number of hydroxylamine groups is 1. The largest absolute Gasteiger partial charge is 0.480 e. The Morgan fingerprint density at radius 3 is 2.35 bits per heavy atom. The van der Waals surface area contributed by atoms with Gasteiger partial charge in [-0.2, -0.15) is 0 Å². The highest BCUT2D eigenvalue weighted by molar-refractivity contribution is 7.20. The van der Waals surface area contributed by atoms with Gasteiger partial charge in [0.2, 0.25) is 0 Å². The maximum absolute atomic E-state index is 11.7. The minimum atomic E-state index is -0.835. The number of carboxylic acid groups (broad SMARTS) is 1. The molecule has 0 spiro atoms. The van der Waals surface area contributed by atoms with Crippen molar-refractivity contribution in [3.8, 4) is 0 Å². The summed E-state index contributed by atoms with van der Waals surface area (Å²) in [6, 6.07) is 16.6. The van der Waals surface area contributed by atoms with E-state index in [-0.39, 0.29) is 0 Å². The molecule has 1 aliphatic rings. The number of carbonyl (C=O) groups excluding carboxylic acids is 1. The summed E-state index contributed by atoms with van der Waals surface area (Å²) in [6.07, 6.45) is 4.51. The predicted molar refractivity (Wildman–Crippen MR) is 133 cm³/mol. The number of benzene rings is 2. The Kier molecular flexibility index (Phi) is 8.29. The van der Waals surface area contributed by atoms with Gasteiger partial charge in [-0.1, -0.05) is 42.5 Å². The summed E-state index contributed by atoms with van der Waals surface area (Å²) in [5.41, 5.74) is 3.65. The van der Waals surface area contributed by atoms with Gasteiger partial charge in [-0.25, -0.2) is 5.48 Å². The van der Waals surface area contributed by atoms with E-state index in [2.05, 4.69) is 22.8 Å². The number of hydrogen-bond donors (Lipinski definition) is 5. The van der Waals surface area contributed by atoms with Gasteiger partial charge in [0, 0.05) is 11.2 Å². The lowest BCUT2D eigenvalue weighted by Crippen LogP contribution is -2.35. The van der Waals surface area contributed by atoms with Gasteiger partial charge in [0.25, 0.3) is 5.91 Å². The maximum Gasteiger partial charge on any atom is 0.325 e. The lowest BCUT2D eigenvalue weighted by atomic mass is 9.81. The zero-order valence-corrected chi connectivity index (χ0v) is 19.8. The molecule has 1 aromatic heterocycles.